The van der Waals surface area contributed by atoms with E-state index in [1.807, 2.05) is 0 Å². The van der Waals surface area contributed by atoms with E-state index in [4.69, 9.17) is 11.6 Å². The second-order valence-corrected chi connectivity index (χ2v) is 5.37. The molecule has 0 saturated heterocycles. The summed E-state index contributed by atoms with van der Waals surface area (Å²) in [6, 6.07) is 6.13. The molecule has 0 heterocycles. The average molecular weight is 223 g/mol. The highest BCUT2D eigenvalue weighted by Crippen LogP contribution is 2.16. The predicted octanol–water partition coefficient (Wildman–Crippen LogP) is 2.00. The van der Waals surface area contributed by atoms with Gasteiger partial charge in [-0.3, -0.25) is 0 Å². The molecule has 0 aliphatic heterocycles. The second kappa shape index (κ2) is 3.68. The maximum atomic E-state index is 11.2. The molecule has 0 atom stereocenters. The first-order valence-corrected chi connectivity index (χ1v) is 5.82. The van der Waals surface area contributed by atoms with Crippen molar-refractivity contribution in [1.82, 2.24) is 0 Å². The molecular weight excluding hydrogens is 216 g/mol. The Bertz CT molecular complexity index is 373. The van der Waals surface area contributed by atoms with Crippen LogP contribution in [0.15, 0.2) is 29.2 Å². The van der Waals surface area contributed by atoms with Crippen molar-refractivity contribution < 1.29 is 8.42 Å². The summed E-state index contributed by atoms with van der Waals surface area (Å²) in [5.41, 5.74) is 0. The third-order valence-corrected chi connectivity index (χ3v) is 3.89. The molecule has 0 amide bonds. The Balaban J connectivity index is 3.21. The molecule has 1 aromatic rings. The van der Waals surface area contributed by atoms with Crippen molar-refractivity contribution in [2.24, 2.45) is 0 Å². The first-order chi connectivity index (χ1) is 5.56. The van der Waals surface area contributed by atoms with Gasteiger partial charge in [-0.15, -0.1) is 0 Å². The highest BCUT2D eigenvalue weighted by Gasteiger charge is 2.11. The molecule has 0 unspecified atom stereocenters. The van der Waals surface area contributed by atoms with Crippen molar-refractivity contribution >= 4 is 34.1 Å². The van der Waals surface area contributed by atoms with Crippen LogP contribution >= 0.6 is 24.2 Å². The van der Waals surface area contributed by atoms with Crippen LogP contribution in [0.1, 0.15) is 0 Å². The third kappa shape index (κ3) is 2.15. The third-order valence-electron chi connectivity index (χ3n) is 1.33. The van der Waals surface area contributed by atoms with E-state index in [0.29, 0.717) is 5.02 Å². The Kier molecular flexibility index (Phi) is 3.04. The molecule has 66 valence electrons. The highest BCUT2D eigenvalue weighted by molar-refractivity contribution is 8.03. The van der Waals surface area contributed by atoms with E-state index in [0.717, 1.165) is 0 Å². The molecule has 0 radical (unpaired) electrons. The molecule has 2 nitrogen and oxygen atoms in total. The van der Waals surface area contributed by atoms with Gasteiger partial charge >= 0.3 is 0 Å². The molecule has 0 spiro atoms. The van der Waals surface area contributed by atoms with E-state index in [-0.39, 0.29) is 9.98 Å². The quantitative estimate of drug-likeness (QED) is 0.777. The van der Waals surface area contributed by atoms with Gasteiger partial charge in [0.15, 0.2) is 9.84 Å². The Morgan fingerprint density at radius 1 is 1.42 bits per heavy atom. The van der Waals surface area contributed by atoms with Gasteiger partial charge in [0.25, 0.3) is 0 Å². The largest absolute Gasteiger partial charge is 0.223 e. The predicted molar refractivity (Wildman–Crippen MR) is 52.5 cm³/mol. The highest BCUT2D eigenvalue weighted by atomic mass is 35.5. The summed E-state index contributed by atoms with van der Waals surface area (Å²) in [7, 11) is -3.24. The maximum absolute atomic E-state index is 11.2. The van der Waals surface area contributed by atoms with E-state index >= 15 is 0 Å². The molecule has 0 aliphatic rings. The molecule has 0 saturated carbocycles. The zero-order valence-corrected chi connectivity index (χ0v) is 8.53. The number of benzene rings is 1. The van der Waals surface area contributed by atoms with Crippen molar-refractivity contribution in [3.8, 4) is 0 Å². The van der Waals surface area contributed by atoms with Crippen LogP contribution in [0.5, 0.6) is 0 Å². The molecule has 0 aliphatic carbocycles. The molecule has 12 heavy (non-hydrogen) atoms. The summed E-state index contributed by atoms with van der Waals surface area (Å²) in [4.78, 5) is 0.213. The van der Waals surface area contributed by atoms with E-state index < -0.39 is 9.84 Å². The van der Waals surface area contributed by atoms with E-state index in [1.165, 1.54) is 12.1 Å². The monoisotopic (exact) mass is 222 g/mol. The Morgan fingerprint density at radius 3 is 2.58 bits per heavy atom. The van der Waals surface area contributed by atoms with Gasteiger partial charge in [-0.2, -0.15) is 12.6 Å². The van der Waals surface area contributed by atoms with Crippen molar-refractivity contribution in [1.29, 1.82) is 0 Å². The summed E-state index contributed by atoms with van der Waals surface area (Å²) in [5.74, 6) is 0. The van der Waals surface area contributed by atoms with Crippen LogP contribution in [-0.2, 0) is 9.84 Å². The Hall–Kier alpha value is -0.190. The lowest BCUT2D eigenvalue weighted by Crippen LogP contribution is -2.01. The summed E-state index contributed by atoms with van der Waals surface area (Å²) in [6.45, 7) is 0. The standard InChI is InChI=1S/C7H7ClO2S2/c8-6-2-1-3-7(4-6)12(9,10)5-11/h1-4,11H,5H2. The van der Waals surface area contributed by atoms with Gasteiger partial charge in [0, 0.05) is 5.02 Å². The number of rotatable bonds is 2. The van der Waals surface area contributed by atoms with E-state index in [1.54, 1.807) is 12.1 Å². The van der Waals surface area contributed by atoms with Crippen LogP contribution < -0.4 is 0 Å². The van der Waals surface area contributed by atoms with Gasteiger partial charge in [-0.05, 0) is 18.2 Å². The number of thiol groups is 1. The number of sulfone groups is 1. The minimum atomic E-state index is -3.24. The minimum Gasteiger partial charge on any atom is -0.223 e. The SMILES string of the molecule is O=S(=O)(CS)c1cccc(Cl)c1. The van der Waals surface area contributed by atoms with Crippen LogP contribution in [0.25, 0.3) is 0 Å². The lowest BCUT2D eigenvalue weighted by molar-refractivity contribution is 0.601. The smallest absolute Gasteiger partial charge is 0.187 e. The van der Waals surface area contributed by atoms with E-state index in [9.17, 15) is 8.42 Å². The zero-order valence-electron chi connectivity index (χ0n) is 6.07. The molecule has 0 aromatic heterocycles. The van der Waals surface area contributed by atoms with Crippen molar-refractivity contribution in [2.45, 2.75) is 4.90 Å². The maximum Gasteiger partial charge on any atom is 0.187 e. The number of halogens is 1. The van der Waals surface area contributed by atoms with Gasteiger partial charge in [0.1, 0.15) is 0 Å². The summed E-state index contributed by atoms with van der Waals surface area (Å²) in [5, 5.41) is 0.214. The van der Waals surface area contributed by atoms with Crippen LogP contribution in [-0.4, -0.2) is 13.5 Å². The summed E-state index contributed by atoms with van der Waals surface area (Å²) >= 11 is 9.33. The van der Waals surface area contributed by atoms with Gasteiger partial charge in [-0.25, -0.2) is 8.42 Å². The van der Waals surface area contributed by atoms with Crippen molar-refractivity contribution in [3.05, 3.63) is 29.3 Å². The Morgan fingerprint density at radius 2 is 2.08 bits per heavy atom. The lowest BCUT2D eigenvalue weighted by Gasteiger charge is -1.99. The minimum absolute atomic E-state index is 0.201. The number of hydrogen-bond donors (Lipinski definition) is 1. The lowest BCUT2D eigenvalue weighted by atomic mass is 10.4. The molecule has 0 fully saturated rings. The molecule has 5 heteroatoms. The Labute approximate surface area is 81.9 Å². The van der Waals surface area contributed by atoms with Gasteiger partial charge in [-0.1, -0.05) is 17.7 Å². The van der Waals surface area contributed by atoms with Gasteiger partial charge < -0.3 is 0 Å². The molecule has 0 bridgehead atoms. The summed E-state index contributed by atoms with van der Waals surface area (Å²) < 4.78 is 22.4. The first-order valence-electron chi connectivity index (χ1n) is 3.15. The fraction of sp³-hybridized carbons (Fsp3) is 0.143. The fourth-order valence-corrected chi connectivity index (χ4v) is 2.18. The number of hydrogen-bond acceptors (Lipinski definition) is 3. The fourth-order valence-electron chi connectivity index (χ4n) is 0.735. The van der Waals surface area contributed by atoms with Gasteiger partial charge in [0.05, 0.1) is 9.98 Å². The normalized spacial score (nSPS) is 11.5. The van der Waals surface area contributed by atoms with Crippen LogP contribution in [0.2, 0.25) is 5.02 Å². The molecule has 1 rings (SSSR count). The molecule has 1 aromatic carbocycles. The summed E-state index contributed by atoms with van der Waals surface area (Å²) in [6.07, 6.45) is 0. The zero-order chi connectivity index (χ0) is 9.19. The van der Waals surface area contributed by atoms with Crippen LogP contribution in [0, 0.1) is 0 Å². The van der Waals surface area contributed by atoms with Gasteiger partial charge in [0.2, 0.25) is 0 Å². The first kappa shape index (κ1) is 9.89. The topological polar surface area (TPSA) is 34.1 Å². The second-order valence-electron chi connectivity index (χ2n) is 2.20. The van der Waals surface area contributed by atoms with Crippen LogP contribution in [0.4, 0.5) is 0 Å². The van der Waals surface area contributed by atoms with Crippen molar-refractivity contribution in [3.63, 3.8) is 0 Å². The van der Waals surface area contributed by atoms with Crippen LogP contribution in [0.3, 0.4) is 0 Å². The molecule has 0 N–H and O–H groups in total. The van der Waals surface area contributed by atoms with Crippen molar-refractivity contribution in [2.75, 3.05) is 5.08 Å². The average Bonchev–Trinajstić information content (AvgIpc) is 2.05. The van der Waals surface area contributed by atoms with E-state index in [2.05, 4.69) is 12.6 Å². The molecular formula is C7H7ClO2S2.